The number of benzene rings is 1. The van der Waals surface area contributed by atoms with Gasteiger partial charge in [0.2, 0.25) is 10.0 Å². The predicted octanol–water partition coefficient (Wildman–Crippen LogP) is 1.41. The maximum absolute atomic E-state index is 11.5. The van der Waals surface area contributed by atoms with Crippen LogP contribution in [-0.4, -0.2) is 33.4 Å². The average molecular weight is 301 g/mol. The van der Waals surface area contributed by atoms with Crippen molar-refractivity contribution in [3.05, 3.63) is 18.2 Å². The van der Waals surface area contributed by atoms with Gasteiger partial charge in [0.1, 0.15) is 5.75 Å². The highest BCUT2D eigenvalue weighted by Crippen LogP contribution is 2.26. The summed E-state index contributed by atoms with van der Waals surface area (Å²) < 4.78 is 31.0. The Labute approximate surface area is 120 Å². The van der Waals surface area contributed by atoms with E-state index in [2.05, 4.69) is 10.0 Å². The largest absolute Gasteiger partial charge is 0.489 e. The highest BCUT2D eigenvalue weighted by atomic mass is 32.2. The fraction of sp³-hybridized carbons (Fsp3) is 0.538. The molecule has 1 rings (SSSR count). The van der Waals surface area contributed by atoms with Gasteiger partial charge in [0.05, 0.1) is 17.5 Å². The van der Waals surface area contributed by atoms with Gasteiger partial charge in [-0.25, -0.2) is 13.1 Å². The summed E-state index contributed by atoms with van der Waals surface area (Å²) in [4.78, 5) is 0. The summed E-state index contributed by atoms with van der Waals surface area (Å²) >= 11 is 0. The number of nitrogens with one attached hydrogen (secondary N) is 2. The third kappa shape index (κ3) is 5.66. The number of rotatable bonds is 8. The summed E-state index contributed by atoms with van der Waals surface area (Å²) in [6.45, 7) is 6.31. The minimum Gasteiger partial charge on any atom is -0.489 e. The summed E-state index contributed by atoms with van der Waals surface area (Å²) in [5.74, 6) is 0.616. The van der Waals surface area contributed by atoms with Crippen molar-refractivity contribution in [2.24, 2.45) is 0 Å². The van der Waals surface area contributed by atoms with E-state index in [1.165, 1.54) is 0 Å². The second kappa shape index (κ2) is 7.35. The molecule has 114 valence electrons. The molecule has 0 aromatic heterocycles. The first-order chi connectivity index (χ1) is 9.34. The van der Waals surface area contributed by atoms with Crippen molar-refractivity contribution in [2.75, 3.05) is 29.9 Å². The zero-order valence-corrected chi connectivity index (χ0v) is 13.0. The number of nitrogens with two attached hydrogens (primary N) is 1. The van der Waals surface area contributed by atoms with Crippen LogP contribution in [0, 0.1) is 0 Å². The molecule has 0 saturated carbocycles. The van der Waals surface area contributed by atoms with Crippen LogP contribution in [0.4, 0.5) is 11.4 Å². The van der Waals surface area contributed by atoms with Gasteiger partial charge >= 0.3 is 0 Å². The highest BCUT2D eigenvalue weighted by Gasteiger charge is 2.08. The Balaban J connectivity index is 2.61. The van der Waals surface area contributed by atoms with Crippen LogP contribution < -0.4 is 20.5 Å². The summed E-state index contributed by atoms with van der Waals surface area (Å²) in [5, 5.41) is 3.05. The zero-order valence-electron chi connectivity index (χ0n) is 12.1. The maximum atomic E-state index is 11.5. The SMILES string of the molecule is CCNS(=O)(=O)CCNc1ccc(N)c(OC(C)C)c1. The van der Waals surface area contributed by atoms with Gasteiger partial charge in [-0.3, -0.25) is 0 Å². The summed E-state index contributed by atoms with van der Waals surface area (Å²) in [5.41, 5.74) is 7.16. The molecule has 0 aliphatic rings. The van der Waals surface area contributed by atoms with Crippen LogP contribution in [-0.2, 0) is 10.0 Å². The van der Waals surface area contributed by atoms with E-state index in [0.29, 0.717) is 24.5 Å². The molecule has 0 radical (unpaired) electrons. The monoisotopic (exact) mass is 301 g/mol. The van der Waals surface area contributed by atoms with Gasteiger partial charge in [-0.05, 0) is 26.0 Å². The minimum atomic E-state index is -3.21. The van der Waals surface area contributed by atoms with E-state index in [-0.39, 0.29) is 11.9 Å². The van der Waals surface area contributed by atoms with Crippen LogP contribution in [0.2, 0.25) is 0 Å². The van der Waals surface area contributed by atoms with E-state index in [9.17, 15) is 8.42 Å². The van der Waals surface area contributed by atoms with Crippen molar-refractivity contribution in [1.82, 2.24) is 4.72 Å². The number of anilines is 2. The van der Waals surface area contributed by atoms with Crippen LogP contribution in [0.3, 0.4) is 0 Å². The van der Waals surface area contributed by atoms with Crippen LogP contribution in [0.5, 0.6) is 5.75 Å². The molecule has 0 unspecified atom stereocenters. The lowest BCUT2D eigenvalue weighted by Crippen LogP contribution is -2.29. The van der Waals surface area contributed by atoms with E-state index in [0.717, 1.165) is 5.69 Å². The van der Waals surface area contributed by atoms with Gasteiger partial charge in [0, 0.05) is 24.8 Å². The number of sulfonamides is 1. The van der Waals surface area contributed by atoms with Crippen molar-refractivity contribution in [2.45, 2.75) is 26.9 Å². The third-order valence-electron chi connectivity index (χ3n) is 2.44. The van der Waals surface area contributed by atoms with Crippen molar-refractivity contribution in [3.8, 4) is 5.75 Å². The molecule has 4 N–H and O–H groups in total. The molecule has 0 aliphatic carbocycles. The van der Waals surface area contributed by atoms with E-state index < -0.39 is 10.0 Å². The molecule has 0 saturated heterocycles. The fourth-order valence-electron chi connectivity index (χ4n) is 1.62. The quantitative estimate of drug-likeness (QED) is 0.631. The van der Waals surface area contributed by atoms with Gasteiger partial charge in [0.15, 0.2) is 0 Å². The van der Waals surface area contributed by atoms with Gasteiger partial charge in [-0.15, -0.1) is 0 Å². The van der Waals surface area contributed by atoms with Crippen molar-refractivity contribution < 1.29 is 13.2 Å². The highest BCUT2D eigenvalue weighted by molar-refractivity contribution is 7.89. The zero-order chi connectivity index (χ0) is 15.2. The van der Waals surface area contributed by atoms with Crippen molar-refractivity contribution >= 4 is 21.4 Å². The van der Waals surface area contributed by atoms with E-state index >= 15 is 0 Å². The maximum Gasteiger partial charge on any atom is 0.213 e. The molecule has 0 heterocycles. The molecular weight excluding hydrogens is 278 g/mol. The van der Waals surface area contributed by atoms with E-state index in [4.69, 9.17) is 10.5 Å². The van der Waals surface area contributed by atoms with Crippen molar-refractivity contribution in [1.29, 1.82) is 0 Å². The molecule has 20 heavy (non-hydrogen) atoms. The van der Waals surface area contributed by atoms with Crippen LogP contribution in [0.25, 0.3) is 0 Å². The van der Waals surface area contributed by atoms with E-state index in [1.54, 1.807) is 25.1 Å². The molecule has 0 bridgehead atoms. The molecule has 0 aliphatic heterocycles. The second-order valence-corrected chi connectivity index (χ2v) is 6.59. The Morgan fingerprint density at radius 1 is 1.35 bits per heavy atom. The Morgan fingerprint density at radius 2 is 2.05 bits per heavy atom. The topological polar surface area (TPSA) is 93.5 Å². The first-order valence-corrected chi connectivity index (χ1v) is 8.26. The molecule has 0 atom stereocenters. The molecule has 0 spiro atoms. The molecule has 1 aromatic carbocycles. The minimum absolute atomic E-state index is 0.0194. The van der Waals surface area contributed by atoms with Gasteiger partial charge in [-0.1, -0.05) is 6.92 Å². The lowest BCUT2D eigenvalue weighted by Gasteiger charge is -2.14. The Kier molecular flexibility index (Phi) is 6.09. The van der Waals surface area contributed by atoms with Crippen LogP contribution in [0.15, 0.2) is 18.2 Å². The van der Waals surface area contributed by atoms with Crippen LogP contribution in [0.1, 0.15) is 20.8 Å². The predicted molar refractivity (Wildman–Crippen MR) is 82.6 cm³/mol. The smallest absolute Gasteiger partial charge is 0.213 e. The molecule has 6 nitrogen and oxygen atoms in total. The number of hydrogen-bond donors (Lipinski definition) is 3. The van der Waals surface area contributed by atoms with E-state index in [1.807, 2.05) is 13.8 Å². The Bertz CT molecular complexity index is 530. The number of hydrogen-bond acceptors (Lipinski definition) is 5. The summed E-state index contributed by atoms with van der Waals surface area (Å²) in [6, 6.07) is 5.30. The van der Waals surface area contributed by atoms with Crippen LogP contribution >= 0.6 is 0 Å². The molecule has 0 fully saturated rings. The van der Waals surface area contributed by atoms with Gasteiger partial charge in [0.25, 0.3) is 0 Å². The number of ether oxygens (including phenoxy) is 1. The lowest BCUT2D eigenvalue weighted by molar-refractivity contribution is 0.244. The standard InChI is InChI=1S/C13H23N3O3S/c1-4-16-20(17,18)8-7-15-11-5-6-12(14)13(9-11)19-10(2)3/h5-6,9-10,15-16H,4,7-8,14H2,1-3H3. The molecule has 7 heteroatoms. The first-order valence-electron chi connectivity index (χ1n) is 6.61. The normalized spacial score (nSPS) is 11.6. The lowest BCUT2D eigenvalue weighted by atomic mass is 10.2. The fourth-order valence-corrected chi connectivity index (χ4v) is 2.58. The third-order valence-corrected chi connectivity index (χ3v) is 3.91. The molecule has 1 aromatic rings. The van der Waals surface area contributed by atoms with Gasteiger partial charge < -0.3 is 15.8 Å². The van der Waals surface area contributed by atoms with Gasteiger partial charge in [-0.2, -0.15) is 0 Å². The Hall–Kier alpha value is -1.47. The summed E-state index contributed by atoms with van der Waals surface area (Å²) in [7, 11) is -3.21. The average Bonchev–Trinajstić information content (AvgIpc) is 2.32. The summed E-state index contributed by atoms with van der Waals surface area (Å²) in [6.07, 6.45) is 0.0293. The first kappa shape index (κ1) is 16.6. The number of nitrogen functional groups attached to an aromatic ring is 1. The molecular formula is C13H23N3O3S. The Morgan fingerprint density at radius 3 is 2.65 bits per heavy atom. The second-order valence-electron chi connectivity index (χ2n) is 4.66. The van der Waals surface area contributed by atoms with Crippen molar-refractivity contribution in [3.63, 3.8) is 0 Å². The molecule has 0 amide bonds.